The van der Waals surface area contributed by atoms with Crippen molar-refractivity contribution in [2.24, 2.45) is 0 Å². The summed E-state index contributed by atoms with van der Waals surface area (Å²) < 4.78 is 5.96. The molecule has 0 N–H and O–H groups in total. The average Bonchev–Trinajstić information content (AvgIpc) is 2.46. The minimum absolute atomic E-state index is 0.605. The van der Waals surface area contributed by atoms with E-state index in [1.165, 1.54) is 21.9 Å². The van der Waals surface area contributed by atoms with Crippen LogP contribution in [0.2, 0.25) is 0 Å². The number of hydrogen-bond donors (Lipinski definition) is 0. The fraction of sp³-hybridized carbons (Fsp3) is 0.111. The summed E-state index contributed by atoms with van der Waals surface area (Å²) in [6, 6.07) is 22.9. The number of ether oxygens (including phenoxy) is 1. The molecule has 0 aliphatic heterocycles. The molecule has 0 saturated carbocycles. The second-order valence-electron chi connectivity index (χ2n) is 4.76. The predicted octanol–water partition coefficient (Wildman–Crippen LogP) is 4.73. The molecular formula is C18H16O. The van der Waals surface area contributed by atoms with Crippen LogP contribution in [0.5, 0.6) is 5.75 Å². The van der Waals surface area contributed by atoms with E-state index in [0.29, 0.717) is 6.61 Å². The standard InChI is InChI=1S/C18H16O/c1-14-10-11-16-8-5-9-18(17(16)12-14)19-13-15-6-3-2-4-7-15/h2-12H,13H2,1H3. The average molecular weight is 248 g/mol. The van der Waals surface area contributed by atoms with Crippen LogP contribution < -0.4 is 4.74 Å². The van der Waals surface area contributed by atoms with Crippen LogP contribution in [0.1, 0.15) is 11.1 Å². The van der Waals surface area contributed by atoms with Gasteiger partial charge in [-0.05, 0) is 30.0 Å². The van der Waals surface area contributed by atoms with Gasteiger partial charge in [-0.25, -0.2) is 0 Å². The molecular weight excluding hydrogens is 232 g/mol. The monoisotopic (exact) mass is 248 g/mol. The Hall–Kier alpha value is -2.28. The van der Waals surface area contributed by atoms with Gasteiger partial charge in [0, 0.05) is 5.39 Å². The summed E-state index contributed by atoms with van der Waals surface area (Å²) in [6.45, 7) is 2.71. The lowest BCUT2D eigenvalue weighted by molar-refractivity contribution is 0.310. The molecule has 0 spiro atoms. The molecule has 3 rings (SSSR count). The number of fused-ring (bicyclic) bond motifs is 1. The van der Waals surface area contributed by atoms with Gasteiger partial charge in [-0.2, -0.15) is 0 Å². The van der Waals surface area contributed by atoms with Crippen LogP contribution in [0.25, 0.3) is 10.8 Å². The van der Waals surface area contributed by atoms with E-state index in [9.17, 15) is 0 Å². The van der Waals surface area contributed by atoms with E-state index in [0.717, 1.165) is 5.75 Å². The molecule has 3 aromatic rings. The maximum Gasteiger partial charge on any atom is 0.127 e. The highest BCUT2D eigenvalue weighted by Crippen LogP contribution is 2.27. The largest absolute Gasteiger partial charge is 0.488 e. The Balaban J connectivity index is 1.90. The van der Waals surface area contributed by atoms with Gasteiger partial charge in [-0.3, -0.25) is 0 Å². The van der Waals surface area contributed by atoms with Gasteiger partial charge in [0.15, 0.2) is 0 Å². The highest BCUT2D eigenvalue weighted by Gasteiger charge is 2.02. The van der Waals surface area contributed by atoms with Crippen LogP contribution in [-0.4, -0.2) is 0 Å². The molecule has 0 saturated heterocycles. The first-order valence-corrected chi connectivity index (χ1v) is 6.49. The highest BCUT2D eigenvalue weighted by molar-refractivity contribution is 5.88. The summed E-state index contributed by atoms with van der Waals surface area (Å²) in [6.07, 6.45) is 0. The fourth-order valence-electron chi connectivity index (χ4n) is 2.22. The van der Waals surface area contributed by atoms with E-state index in [-0.39, 0.29) is 0 Å². The molecule has 0 aliphatic carbocycles. The zero-order valence-electron chi connectivity index (χ0n) is 11.0. The molecule has 0 heterocycles. The van der Waals surface area contributed by atoms with Crippen LogP contribution in [0, 0.1) is 6.92 Å². The molecule has 0 bridgehead atoms. The van der Waals surface area contributed by atoms with Gasteiger partial charge in [0.05, 0.1) is 0 Å². The summed E-state index contributed by atoms with van der Waals surface area (Å²) in [5, 5.41) is 2.40. The van der Waals surface area contributed by atoms with Crippen molar-refractivity contribution in [3.05, 3.63) is 77.9 Å². The minimum atomic E-state index is 0.605. The quantitative estimate of drug-likeness (QED) is 0.651. The van der Waals surface area contributed by atoms with Crippen LogP contribution in [0.4, 0.5) is 0 Å². The van der Waals surface area contributed by atoms with Gasteiger partial charge in [-0.15, -0.1) is 0 Å². The molecule has 0 amide bonds. The predicted molar refractivity (Wildman–Crippen MR) is 79.5 cm³/mol. The second-order valence-corrected chi connectivity index (χ2v) is 4.76. The van der Waals surface area contributed by atoms with Gasteiger partial charge in [0.25, 0.3) is 0 Å². The second kappa shape index (κ2) is 5.15. The SMILES string of the molecule is Cc1ccc2cccc(OCc3ccccc3)c2c1. The molecule has 3 aromatic carbocycles. The van der Waals surface area contributed by atoms with Crippen LogP contribution in [0.3, 0.4) is 0 Å². The molecule has 0 unspecified atom stereocenters. The van der Waals surface area contributed by atoms with Crippen LogP contribution in [-0.2, 0) is 6.61 Å². The maximum absolute atomic E-state index is 5.96. The lowest BCUT2D eigenvalue weighted by atomic mass is 10.1. The lowest BCUT2D eigenvalue weighted by Gasteiger charge is -2.10. The third kappa shape index (κ3) is 2.60. The van der Waals surface area contributed by atoms with Crippen molar-refractivity contribution < 1.29 is 4.74 Å². The van der Waals surface area contributed by atoms with Gasteiger partial charge in [0.2, 0.25) is 0 Å². The smallest absolute Gasteiger partial charge is 0.127 e. The Labute approximate surface area is 113 Å². The molecule has 0 aromatic heterocycles. The summed E-state index contributed by atoms with van der Waals surface area (Å²) in [7, 11) is 0. The summed E-state index contributed by atoms with van der Waals surface area (Å²) in [5.74, 6) is 0.949. The molecule has 94 valence electrons. The summed E-state index contributed by atoms with van der Waals surface area (Å²) in [5.41, 5.74) is 2.44. The Morgan fingerprint density at radius 2 is 1.68 bits per heavy atom. The Morgan fingerprint density at radius 1 is 0.842 bits per heavy atom. The van der Waals surface area contributed by atoms with Gasteiger partial charge in [-0.1, -0.05) is 60.2 Å². The first kappa shape index (κ1) is 11.8. The van der Waals surface area contributed by atoms with Gasteiger partial charge >= 0.3 is 0 Å². The third-order valence-electron chi connectivity index (χ3n) is 3.23. The zero-order chi connectivity index (χ0) is 13.1. The molecule has 0 radical (unpaired) electrons. The highest BCUT2D eigenvalue weighted by atomic mass is 16.5. The van der Waals surface area contributed by atoms with E-state index in [1.807, 2.05) is 30.3 Å². The summed E-state index contributed by atoms with van der Waals surface area (Å²) in [4.78, 5) is 0. The van der Waals surface area contributed by atoms with E-state index in [4.69, 9.17) is 4.74 Å². The fourth-order valence-corrected chi connectivity index (χ4v) is 2.22. The molecule has 0 aliphatic rings. The molecule has 0 fully saturated rings. The number of hydrogen-bond acceptors (Lipinski definition) is 1. The van der Waals surface area contributed by atoms with Crippen LogP contribution >= 0.6 is 0 Å². The molecule has 1 heteroatoms. The van der Waals surface area contributed by atoms with Crippen LogP contribution in [0.15, 0.2) is 66.7 Å². The number of benzene rings is 3. The van der Waals surface area contributed by atoms with E-state index in [2.05, 4.69) is 43.3 Å². The topological polar surface area (TPSA) is 9.23 Å². The lowest BCUT2D eigenvalue weighted by Crippen LogP contribution is -1.95. The van der Waals surface area contributed by atoms with Crippen molar-refractivity contribution >= 4 is 10.8 Å². The maximum atomic E-state index is 5.96. The number of rotatable bonds is 3. The molecule has 19 heavy (non-hydrogen) atoms. The van der Waals surface area contributed by atoms with Crippen molar-refractivity contribution in [1.29, 1.82) is 0 Å². The summed E-state index contributed by atoms with van der Waals surface area (Å²) >= 11 is 0. The van der Waals surface area contributed by atoms with Gasteiger partial charge < -0.3 is 4.74 Å². The first-order chi connectivity index (χ1) is 9.33. The Kier molecular flexibility index (Phi) is 3.20. The minimum Gasteiger partial charge on any atom is -0.488 e. The number of aryl methyl sites for hydroxylation is 1. The zero-order valence-corrected chi connectivity index (χ0v) is 11.0. The van der Waals surface area contributed by atoms with Crippen molar-refractivity contribution in [3.63, 3.8) is 0 Å². The van der Waals surface area contributed by atoms with E-state index >= 15 is 0 Å². The normalized spacial score (nSPS) is 10.6. The molecule has 1 nitrogen and oxygen atoms in total. The van der Waals surface area contributed by atoms with E-state index < -0.39 is 0 Å². The van der Waals surface area contributed by atoms with E-state index in [1.54, 1.807) is 0 Å². The first-order valence-electron chi connectivity index (χ1n) is 6.49. The van der Waals surface area contributed by atoms with Crippen molar-refractivity contribution in [3.8, 4) is 5.75 Å². The van der Waals surface area contributed by atoms with Crippen molar-refractivity contribution in [2.75, 3.05) is 0 Å². The van der Waals surface area contributed by atoms with Crippen molar-refractivity contribution in [1.82, 2.24) is 0 Å². The Bertz CT molecular complexity index is 686. The third-order valence-corrected chi connectivity index (χ3v) is 3.23. The van der Waals surface area contributed by atoms with Gasteiger partial charge in [0.1, 0.15) is 12.4 Å². The van der Waals surface area contributed by atoms with Crippen molar-refractivity contribution in [2.45, 2.75) is 13.5 Å². The Morgan fingerprint density at radius 3 is 2.53 bits per heavy atom. The molecule has 0 atom stereocenters.